The lowest BCUT2D eigenvalue weighted by Crippen LogP contribution is -2.21. The largest absolute Gasteiger partial charge is 0.493 e. The van der Waals surface area contributed by atoms with E-state index in [2.05, 4.69) is 23.2 Å². The maximum Gasteiger partial charge on any atom is 0.244 e. The highest BCUT2D eigenvalue weighted by Gasteiger charge is 2.35. The molecule has 1 atom stereocenters. The number of H-pyrrole nitrogens is 1. The van der Waals surface area contributed by atoms with Gasteiger partial charge in [0, 0.05) is 11.3 Å². The van der Waals surface area contributed by atoms with Crippen LogP contribution in [0.25, 0.3) is 0 Å². The van der Waals surface area contributed by atoms with Gasteiger partial charge >= 0.3 is 0 Å². The predicted molar refractivity (Wildman–Crippen MR) is 105 cm³/mol. The lowest BCUT2D eigenvalue weighted by Gasteiger charge is -2.25. The van der Waals surface area contributed by atoms with Crippen LogP contribution < -0.4 is 19.9 Å². The molecule has 1 aromatic carbocycles. The van der Waals surface area contributed by atoms with Crippen LogP contribution in [0.4, 0.5) is 0 Å². The Balaban J connectivity index is 2.12. The summed E-state index contributed by atoms with van der Waals surface area (Å²) < 4.78 is 17.0. The number of nitrogens with one attached hydrogen (secondary N) is 1. The van der Waals surface area contributed by atoms with Gasteiger partial charge in [0.2, 0.25) is 11.8 Å². The molecule has 148 valence electrons. The van der Waals surface area contributed by atoms with Crippen LogP contribution in [0.5, 0.6) is 17.4 Å². The summed E-state index contributed by atoms with van der Waals surface area (Å²) in [5, 5.41) is 17.1. The Labute approximate surface area is 165 Å². The van der Waals surface area contributed by atoms with Gasteiger partial charge in [0.05, 0.1) is 19.1 Å². The minimum atomic E-state index is -0.374. The van der Waals surface area contributed by atoms with Gasteiger partial charge in [-0.1, -0.05) is 19.4 Å². The van der Waals surface area contributed by atoms with Crippen LogP contribution in [0.1, 0.15) is 56.4 Å². The molecule has 7 nitrogen and oxygen atoms in total. The zero-order valence-electron chi connectivity index (χ0n) is 16.7. The van der Waals surface area contributed by atoms with Crippen molar-refractivity contribution in [2.45, 2.75) is 52.1 Å². The number of aryl methyl sites for hydroxylation is 1. The SMILES string of the molecule is CCCCc1[nH]nc2c1C(c1ccc(OC(C)C)c(OC)c1)C(C#N)=C(N)O2. The van der Waals surface area contributed by atoms with Crippen molar-refractivity contribution in [1.82, 2.24) is 10.2 Å². The summed E-state index contributed by atoms with van der Waals surface area (Å²) in [7, 11) is 1.60. The number of hydrogen-bond donors (Lipinski definition) is 2. The van der Waals surface area contributed by atoms with Crippen LogP contribution >= 0.6 is 0 Å². The molecule has 7 heteroatoms. The summed E-state index contributed by atoms with van der Waals surface area (Å²) in [6.07, 6.45) is 2.90. The van der Waals surface area contributed by atoms with Crippen molar-refractivity contribution in [3.63, 3.8) is 0 Å². The predicted octanol–water partition coefficient (Wildman–Crippen LogP) is 3.77. The number of rotatable bonds is 7. The van der Waals surface area contributed by atoms with Crippen LogP contribution in [0.2, 0.25) is 0 Å². The number of allylic oxidation sites excluding steroid dienone is 1. The third kappa shape index (κ3) is 3.63. The molecule has 0 radical (unpaired) electrons. The number of aromatic nitrogens is 2. The van der Waals surface area contributed by atoms with Crippen molar-refractivity contribution in [3.8, 4) is 23.4 Å². The van der Waals surface area contributed by atoms with Crippen LogP contribution in [-0.4, -0.2) is 23.4 Å². The van der Waals surface area contributed by atoms with Crippen molar-refractivity contribution in [2.24, 2.45) is 5.73 Å². The van der Waals surface area contributed by atoms with Gasteiger partial charge in [-0.05, 0) is 44.4 Å². The number of ether oxygens (including phenoxy) is 3. The van der Waals surface area contributed by atoms with E-state index in [4.69, 9.17) is 19.9 Å². The molecular formula is C21H26N4O3. The van der Waals surface area contributed by atoms with Crippen molar-refractivity contribution in [2.75, 3.05) is 7.11 Å². The molecule has 0 aliphatic carbocycles. The number of hydrogen-bond acceptors (Lipinski definition) is 6. The number of nitrogens with zero attached hydrogens (tertiary/aromatic N) is 2. The fourth-order valence-electron chi connectivity index (χ4n) is 3.40. The van der Waals surface area contributed by atoms with Crippen LogP contribution in [0.3, 0.4) is 0 Å². The lowest BCUT2D eigenvalue weighted by molar-refractivity contribution is 0.230. The highest BCUT2D eigenvalue weighted by molar-refractivity contribution is 5.57. The van der Waals surface area contributed by atoms with Crippen molar-refractivity contribution in [3.05, 3.63) is 46.5 Å². The molecule has 28 heavy (non-hydrogen) atoms. The zero-order chi connectivity index (χ0) is 20.3. The van der Waals surface area contributed by atoms with Gasteiger partial charge in [0.1, 0.15) is 11.6 Å². The molecule has 1 unspecified atom stereocenters. The monoisotopic (exact) mass is 382 g/mol. The van der Waals surface area contributed by atoms with E-state index in [0.717, 1.165) is 36.1 Å². The van der Waals surface area contributed by atoms with E-state index in [-0.39, 0.29) is 17.9 Å². The normalized spacial score (nSPS) is 15.8. The number of methoxy groups -OCH3 is 1. The fourth-order valence-corrected chi connectivity index (χ4v) is 3.40. The second kappa shape index (κ2) is 8.26. The topological polar surface area (TPSA) is 106 Å². The van der Waals surface area contributed by atoms with E-state index >= 15 is 0 Å². The average Bonchev–Trinajstić information content (AvgIpc) is 3.07. The molecule has 0 spiro atoms. The summed E-state index contributed by atoms with van der Waals surface area (Å²) in [5.74, 6) is 1.39. The van der Waals surface area contributed by atoms with Gasteiger partial charge in [-0.15, -0.1) is 5.10 Å². The Morgan fingerprint density at radius 2 is 2.14 bits per heavy atom. The summed E-state index contributed by atoms with van der Waals surface area (Å²) in [4.78, 5) is 0. The third-order valence-corrected chi connectivity index (χ3v) is 4.68. The standard InChI is InChI=1S/C21H26N4O3/c1-5-6-7-15-19-18(14(11-22)20(23)28-21(19)25-24-15)13-8-9-16(27-12(2)3)17(10-13)26-4/h8-10,12,18H,5-7,23H2,1-4H3,(H,24,25). The highest BCUT2D eigenvalue weighted by atomic mass is 16.5. The van der Waals surface area contributed by atoms with Gasteiger partial charge in [0.15, 0.2) is 11.5 Å². The first-order valence-electron chi connectivity index (χ1n) is 9.49. The molecule has 1 aliphatic heterocycles. The quantitative estimate of drug-likeness (QED) is 0.755. The molecule has 0 bridgehead atoms. The summed E-state index contributed by atoms with van der Waals surface area (Å²) in [6.45, 7) is 6.05. The van der Waals surface area contributed by atoms with E-state index in [9.17, 15) is 5.26 Å². The number of nitriles is 1. The minimum absolute atomic E-state index is 0.0224. The van der Waals surface area contributed by atoms with Gasteiger partial charge < -0.3 is 19.9 Å². The van der Waals surface area contributed by atoms with Crippen molar-refractivity contribution < 1.29 is 14.2 Å². The third-order valence-electron chi connectivity index (χ3n) is 4.68. The molecule has 3 rings (SSSR count). The van der Waals surface area contributed by atoms with Crippen molar-refractivity contribution >= 4 is 0 Å². The molecular weight excluding hydrogens is 356 g/mol. The number of unbranched alkanes of at least 4 members (excludes halogenated alkanes) is 1. The maximum absolute atomic E-state index is 9.77. The van der Waals surface area contributed by atoms with Gasteiger partial charge in [-0.3, -0.25) is 5.10 Å². The van der Waals surface area contributed by atoms with E-state index in [1.54, 1.807) is 7.11 Å². The number of aromatic amines is 1. The lowest BCUT2D eigenvalue weighted by atomic mass is 9.83. The Kier molecular flexibility index (Phi) is 5.78. The molecule has 3 N–H and O–H groups in total. The molecule has 0 amide bonds. The number of benzene rings is 1. The average molecular weight is 382 g/mol. The second-order valence-electron chi connectivity index (χ2n) is 7.03. The molecule has 1 aliphatic rings. The highest BCUT2D eigenvalue weighted by Crippen LogP contribution is 2.45. The Hall–Kier alpha value is -3.14. The summed E-state index contributed by atoms with van der Waals surface area (Å²) in [5.41, 5.74) is 9.09. The van der Waals surface area contributed by atoms with E-state index in [1.807, 2.05) is 32.0 Å². The summed E-state index contributed by atoms with van der Waals surface area (Å²) in [6, 6.07) is 7.90. The smallest absolute Gasteiger partial charge is 0.244 e. The Morgan fingerprint density at radius 3 is 2.79 bits per heavy atom. The first-order valence-corrected chi connectivity index (χ1v) is 9.49. The number of nitrogens with two attached hydrogens (primary N) is 1. The Morgan fingerprint density at radius 1 is 1.36 bits per heavy atom. The minimum Gasteiger partial charge on any atom is -0.493 e. The van der Waals surface area contributed by atoms with E-state index < -0.39 is 0 Å². The molecule has 0 fully saturated rings. The van der Waals surface area contributed by atoms with Crippen LogP contribution in [0, 0.1) is 11.3 Å². The molecule has 1 aromatic heterocycles. The van der Waals surface area contributed by atoms with Crippen LogP contribution in [0.15, 0.2) is 29.7 Å². The molecule has 2 heterocycles. The molecule has 2 aromatic rings. The maximum atomic E-state index is 9.77. The fraction of sp³-hybridized carbons (Fsp3) is 0.429. The molecule has 0 saturated heterocycles. The zero-order valence-corrected chi connectivity index (χ0v) is 16.7. The number of fused-ring (bicyclic) bond motifs is 1. The first-order chi connectivity index (χ1) is 13.5. The van der Waals surface area contributed by atoms with Crippen molar-refractivity contribution in [1.29, 1.82) is 5.26 Å². The Bertz CT molecular complexity index is 924. The summed E-state index contributed by atoms with van der Waals surface area (Å²) >= 11 is 0. The molecule has 0 saturated carbocycles. The van der Waals surface area contributed by atoms with Gasteiger partial charge in [0.25, 0.3) is 0 Å². The van der Waals surface area contributed by atoms with E-state index in [1.165, 1.54) is 0 Å². The van der Waals surface area contributed by atoms with E-state index in [0.29, 0.717) is 23.0 Å². The van der Waals surface area contributed by atoms with Crippen LogP contribution in [-0.2, 0) is 6.42 Å². The van der Waals surface area contributed by atoms with Gasteiger partial charge in [-0.25, -0.2) is 0 Å². The first kappa shape index (κ1) is 19.6. The van der Waals surface area contributed by atoms with Gasteiger partial charge in [-0.2, -0.15) is 5.26 Å². The second-order valence-corrected chi connectivity index (χ2v) is 7.03.